The van der Waals surface area contributed by atoms with E-state index in [-0.39, 0.29) is 0 Å². The highest BCUT2D eigenvalue weighted by Crippen LogP contribution is 2.36. The van der Waals surface area contributed by atoms with Crippen LogP contribution in [0.2, 0.25) is 0 Å². The Morgan fingerprint density at radius 1 is 0.538 bits per heavy atom. The largest absolute Gasteiger partial charge is 0.234 e. The van der Waals surface area contributed by atoms with E-state index >= 15 is 0 Å². The fourth-order valence-electron chi connectivity index (χ4n) is 2.48. The van der Waals surface area contributed by atoms with Crippen molar-refractivity contribution in [3.8, 4) is 0 Å². The molecule has 0 amide bonds. The summed E-state index contributed by atoms with van der Waals surface area (Å²) in [5.41, 5.74) is 2.08. The van der Waals surface area contributed by atoms with Crippen molar-refractivity contribution in [2.45, 2.75) is 18.7 Å². The Balaban J connectivity index is 1.39. The van der Waals surface area contributed by atoms with Crippen molar-refractivity contribution in [3.63, 3.8) is 0 Å². The van der Waals surface area contributed by atoms with E-state index in [1.807, 2.05) is 54.6 Å². The predicted molar refractivity (Wildman–Crippen MR) is 112 cm³/mol. The molecule has 0 aliphatic rings. The summed E-state index contributed by atoms with van der Waals surface area (Å²) in [7, 11) is 0. The molecular weight excluding hydrogens is 398 g/mol. The average Bonchev–Trinajstić information content (AvgIpc) is 3.24. The quantitative estimate of drug-likeness (QED) is 0.334. The van der Waals surface area contributed by atoms with Crippen LogP contribution in [0.15, 0.2) is 85.5 Å². The van der Waals surface area contributed by atoms with Crippen molar-refractivity contribution < 1.29 is 0 Å². The molecule has 0 aliphatic carbocycles. The second-order valence-corrected chi connectivity index (χ2v) is 10.0. The van der Waals surface area contributed by atoms with E-state index in [9.17, 15) is 0 Å². The van der Waals surface area contributed by atoms with Gasteiger partial charge in [-0.3, -0.25) is 0 Å². The highest BCUT2D eigenvalue weighted by Gasteiger charge is 2.09. The van der Waals surface area contributed by atoms with Gasteiger partial charge in [0.05, 0.1) is 20.4 Å². The standard InChI is InChI=1S/C19H11N3S4/c1-3-8-14-12(6-1)20-18(23-14)25-16-10-5-11-17(22-16)26-19-21-13-7-2-4-9-15(13)24-19/h1-11H. The normalized spacial score (nSPS) is 11.4. The second kappa shape index (κ2) is 7.00. The highest BCUT2D eigenvalue weighted by molar-refractivity contribution is 8.01. The first-order valence-electron chi connectivity index (χ1n) is 7.87. The van der Waals surface area contributed by atoms with Gasteiger partial charge in [-0.2, -0.15) is 0 Å². The van der Waals surface area contributed by atoms with Crippen LogP contribution in [0.3, 0.4) is 0 Å². The first-order chi connectivity index (χ1) is 12.8. The molecule has 0 aliphatic heterocycles. The number of nitrogens with zero attached hydrogens (tertiary/aromatic N) is 3. The minimum atomic E-state index is 0.954. The van der Waals surface area contributed by atoms with E-state index in [1.54, 1.807) is 46.2 Å². The lowest BCUT2D eigenvalue weighted by molar-refractivity contribution is 1.00. The van der Waals surface area contributed by atoms with Gasteiger partial charge >= 0.3 is 0 Å². The minimum absolute atomic E-state index is 0.954. The maximum Gasteiger partial charge on any atom is 0.157 e. The van der Waals surface area contributed by atoms with Gasteiger partial charge in [0.1, 0.15) is 10.1 Å². The number of benzene rings is 2. The van der Waals surface area contributed by atoms with Crippen LogP contribution in [0.1, 0.15) is 0 Å². The molecule has 0 saturated carbocycles. The Labute approximate surface area is 166 Å². The molecule has 5 aromatic rings. The molecule has 26 heavy (non-hydrogen) atoms. The van der Waals surface area contributed by atoms with Crippen molar-refractivity contribution in [2.24, 2.45) is 0 Å². The summed E-state index contributed by atoms with van der Waals surface area (Å²) in [6.45, 7) is 0. The van der Waals surface area contributed by atoms with Crippen LogP contribution in [-0.4, -0.2) is 15.0 Å². The van der Waals surface area contributed by atoms with Crippen molar-refractivity contribution >= 4 is 66.6 Å². The van der Waals surface area contributed by atoms with Gasteiger partial charge in [-0.25, -0.2) is 15.0 Å². The van der Waals surface area contributed by atoms with Gasteiger partial charge < -0.3 is 0 Å². The van der Waals surface area contributed by atoms with E-state index in [1.165, 1.54) is 9.40 Å². The third-order valence-electron chi connectivity index (χ3n) is 3.63. The molecule has 0 bridgehead atoms. The van der Waals surface area contributed by atoms with Gasteiger partial charge in [-0.1, -0.05) is 30.3 Å². The molecule has 5 rings (SSSR count). The molecule has 0 saturated heterocycles. The maximum absolute atomic E-state index is 4.76. The van der Waals surface area contributed by atoms with E-state index in [0.717, 1.165) is 29.8 Å². The van der Waals surface area contributed by atoms with Crippen molar-refractivity contribution in [2.75, 3.05) is 0 Å². The number of hydrogen-bond donors (Lipinski definition) is 0. The predicted octanol–water partition coefficient (Wildman–Crippen LogP) is 6.60. The van der Waals surface area contributed by atoms with E-state index in [0.29, 0.717) is 0 Å². The maximum atomic E-state index is 4.76. The molecule has 0 unspecified atom stereocenters. The van der Waals surface area contributed by atoms with Crippen molar-refractivity contribution in [1.29, 1.82) is 0 Å². The van der Waals surface area contributed by atoms with Crippen LogP contribution in [0, 0.1) is 0 Å². The lowest BCUT2D eigenvalue weighted by atomic mass is 10.3. The summed E-state index contributed by atoms with van der Waals surface area (Å²) < 4.78 is 4.44. The number of aromatic nitrogens is 3. The molecule has 0 spiro atoms. The van der Waals surface area contributed by atoms with Gasteiger partial charge in [0, 0.05) is 0 Å². The number of pyridine rings is 1. The molecule has 3 heterocycles. The summed E-state index contributed by atoms with van der Waals surface area (Å²) in [6, 6.07) is 22.5. The van der Waals surface area contributed by atoms with Crippen LogP contribution in [-0.2, 0) is 0 Å². The molecule has 0 radical (unpaired) electrons. The molecule has 7 heteroatoms. The topological polar surface area (TPSA) is 38.7 Å². The van der Waals surface area contributed by atoms with Crippen molar-refractivity contribution in [1.82, 2.24) is 15.0 Å². The number of thiazole rings is 2. The third kappa shape index (κ3) is 3.35. The fourth-order valence-corrected chi connectivity index (χ4v) is 6.54. The van der Waals surface area contributed by atoms with E-state index in [4.69, 9.17) is 4.98 Å². The summed E-state index contributed by atoms with van der Waals surface area (Å²) in [6.07, 6.45) is 0. The zero-order valence-electron chi connectivity index (χ0n) is 13.3. The summed E-state index contributed by atoms with van der Waals surface area (Å²) in [4.78, 5) is 14.1. The van der Waals surface area contributed by atoms with E-state index in [2.05, 4.69) is 22.1 Å². The molecule has 0 atom stereocenters. The lowest BCUT2D eigenvalue weighted by Crippen LogP contribution is -1.83. The van der Waals surface area contributed by atoms with E-state index < -0.39 is 0 Å². The van der Waals surface area contributed by atoms with Gasteiger partial charge in [0.15, 0.2) is 8.68 Å². The van der Waals surface area contributed by atoms with Crippen LogP contribution < -0.4 is 0 Å². The van der Waals surface area contributed by atoms with Gasteiger partial charge in [-0.05, 0) is 59.9 Å². The zero-order chi connectivity index (χ0) is 17.3. The molecule has 0 N–H and O–H groups in total. The number of hydrogen-bond acceptors (Lipinski definition) is 7. The SMILES string of the molecule is c1cc(Sc2nc3ccccc3s2)nc(Sc2nc3ccccc3s2)c1. The number of para-hydroxylation sites is 2. The minimum Gasteiger partial charge on any atom is -0.234 e. The third-order valence-corrected chi connectivity index (χ3v) is 7.70. The lowest BCUT2D eigenvalue weighted by Gasteiger charge is -2.00. The zero-order valence-corrected chi connectivity index (χ0v) is 16.6. The molecule has 3 nitrogen and oxygen atoms in total. The van der Waals surface area contributed by atoms with Crippen LogP contribution in [0.4, 0.5) is 0 Å². The van der Waals surface area contributed by atoms with Gasteiger partial charge in [0.2, 0.25) is 0 Å². The molecule has 0 fully saturated rings. The van der Waals surface area contributed by atoms with Crippen LogP contribution >= 0.6 is 46.2 Å². The van der Waals surface area contributed by atoms with Crippen LogP contribution in [0.25, 0.3) is 20.4 Å². The Hall–Kier alpha value is -1.93. The van der Waals surface area contributed by atoms with Gasteiger partial charge in [-0.15, -0.1) is 22.7 Å². The molecule has 2 aromatic carbocycles. The summed E-state index contributed by atoms with van der Waals surface area (Å²) in [5, 5.41) is 1.91. The Bertz CT molecular complexity index is 1050. The number of rotatable bonds is 4. The Morgan fingerprint density at radius 3 is 1.54 bits per heavy atom. The summed E-state index contributed by atoms with van der Waals surface area (Å²) >= 11 is 6.62. The Kier molecular flexibility index (Phi) is 4.38. The summed E-state index contributed by atoms with van der Waals surface area (Å²) in [5.74, 6) is 0. The van der Waals surface area contributed by atoms with Gasteiger partial charge in [0.25, 0.3) is 0 Å². The molecular formula is C19H11N3S4. The monoisotopic (exact) mass is 409 g/mol. The fraction of sp³-hybridized carbons (Fsp3) is 0. The first kappa shape index (κ1) is 16.3. The number of fused-ring (bicyclic) bond motifs is 2. The van der Waals surface area contributed by atoms with Crippen molar-refractivity contribution in [3.05, 3.63) is 66.7 Å². The Morgan fingerprint density at radius 2 is 1.04 bits per heavy atom. The molecule has 3 aromatic heterocycles. The highest BCUT2D eigenvalue weighted by atomic mass is 32.2. The van der Waals surface area contributed by atoms with Crippen LogP contribution in [0.5, 0.6) is 0 Å². The first-order valence-corrected chi connectivity index (χ1v) is 11.1. The average molecular weight is 410 g/mol. The molecule has 126 valence electrons. The second-order valence-electron chi connectivity index (χ2n) is 5.41. The smallest absolute Gasteiger partial charge is 0.157 e.